The lowest BCUT2D eigenvalue weighted by molar-refractivity contribution is -0.384. The zero-order valence-electron chi connectivity index (χ0n) is 11.3. The highest BCUT2D eigenvalue weighted by Crippen LogP contribution is 2.29. The van der Waals surface area contributed by atoms with Crippen LogP contribution in [0.25, 0.3) is 0 Å². The maximum atomic E-state index is 13.7. The quantitative estimate of drug-likeness (QED) is 0.687. The number of anilines is 1. The normalized spacial score (nSPS) is 10.1. The molecule has 0 fully saturated rings. The average molecular weight is 325 g/mol. The third kappa shape index (κ3) is 3.32. The molecule has 0 unspecified atom stereocenters. The van der Waals surface area contributed by atoms with Gasteiger partial charge in [-0.3, -0.25) is 14.9 Å². The molecule has 2 rings (SSSR count). The maximum absolute atomic E-state index is 13.7. The Labute approximate surface area is 129 Å². The van der Waals surface area contributed by atoms with Crippen LogP contribution in [0.15, 0.2) is 36.4 Å². The first-order valence-electron chi connectivity index (χ1n) is 6.01. The highest BCUT2D eigenvalue weighted by atomic mass is 35.5. The lowest BCUT2D eigenvalue weighted by Gasteiger charge is -2.10. The Morgan fingerprint density at radius 1 is 1.32 bits per heavy atom. The van der Waals surface area contributed by atoms with Crippen LogP contribution in [-0.4, -0.2) is 17.9 Å². The van der Waals surface area contributed by atoms with Gasteiger partial charge in [-0.1, -0.05) is 11.6 Å². The number of non-ortho nitro benzene ring substituents is 1. The molecule has 22 heavy (non-hydrogen) atoms. The number of halogens is 2. The van der Waals surface area contributed by atoms with E-state index in [-0.39, 0.29) is 27.7 Å². The van der Waals surface area contributed by atoms with Gasteiger partial charge in [-0.25, -0.2) is 4.39 Å². The molecule has 2 aromatic carbocycles. The topological polar surface area (TPSA) is 81.5 Å². The molecule has 6 nitrogen and oxygen atoms in total. The fraction of sp³-hybridized carbons (Fsp3) is 0.0714. The molecule has 0 aliphatic rings. The molecule has 0 heterocycles. The molecule has 0 bridgehead atoms. The van der Waals surface area contributed by atoms with E-state index in [0.717, 1.165) is 12.1 Å². The van der Waals surface area contributed by atoms with E-state index >= 15 is 0 Å². The molecular formula is C14H10ClFN2O4. The van der Waals surface area contributed by atoms with Gasteiger partial charge in [0.2, 0.25) is 0 Å². The molecule has 0 aliphatic heterocycles. The maximum Gasteiger partial charge on any atom is 0.271 e. The van der Waals surface area contributed by atoms with E-state index in [1.807, 2.05) is 0 Å². The largest absolute Gasteiger partial charge is 0.495 e. The second-order valence-corrected chi connectivity index (χ2v) is 4.66. The Balaban J connectivity index is 2.34. The summed E-state index contributed by atoms with van der Waals surface area (Å²) in [5.41, 5.74) is -0.401. The van der Waals surface area contributed by atoms with Gasteiger partial charge in [-0.2, -0.15) is 0 Å². The van der Waals surface area contributed by atoms with E-state index in [2.05, 4.69) is 5.32 Å². The van der Waals surface area contributed by atoms with Crippen LogP contribution in [0.1, 0.15) is 10.4 Å². The summed E-state index contributed by atoms with van der Waals surface area (Å²) < 4.78 is 18.7. The first kappa shape index (κ1) is 15.7. The van der Waals surface area contributed by atoms with Crippen LogP contribution >= 0.6 is 11.6 Å². The second-order valence-electron chi connectivity index (χ2n) is 4.22. The van der Waals surface area contributed by atoms with Gasteiger partial charge in [0.25, 0.3) is 11.6 Å². The molecule has 0 saturated heterocycles. The number of carbonyl (C=O) groups excluding carboxylic acids is 1. The monoisotopic (exact) mass is 324 g/mol. The van der Waals surface area contributed by atoms with E-state index < -0.39 is 16.6 Å². The predicted molar refractivity (Wildman–Crippen MR) is 79.0 cm³/mol. The molecule has 1 N–H and O–H groups in total. The zero-order valence-corrected chi connectivity index (χ0v) is 12.1. The fourth-order valence-corrected chi connectivity index (χ4v) is 1.93. The van der Waals surface area contributed by atoms with E-state index in [0.29, 0.717) is 0 Å². The second kappa shape index (κ2) is 6.40. The molecule has 0 aromatic heterocycles. The third-order valence-corrected chi connectivity index (χ3v) is 3.05. The molecule has 0 aliphatic carbocycles. The van der Waals surface area contributed by atoms with Crippen molar-refractivity contribution in [3.05, 3.63) is 62.9 Å². The van der Waals surface area contributed by atoms with Gasteiger partial charge in [-0.05, 0) is 24.3 Å². The number of nitro benzene ring substituents is 1. The minimum absolute atomic E-state index is 0.0658. The van der Waals surface area contributed by atoms with Crippen LogP contribution in [0, 0.1) is 15.9 Å². The predicted octanol–water partition coefficient (Wildman–Crippen LogP) is 3.65. The van der Waals surface area contributed by atoms with Gasteiger partial charge >= 0.3 is 0 Å². The molecule has 8 heteroatoms. The molecule has 2 aromatic rings. The molecular weight excluding hydrogens is 315 g/mol. The summed E-state index contributed by atoms with van der Waals surface area (Å²) in [4.78, 5) is 22.2. The molecule has 0 atom stereocenters. The van der Waals surface area contributed by atoms with Crippen molar-refractivity contribution < 1.29 is 18.8 Å². The number of ether oxygens (including phenoxy) is 1. The number of hydrogen-bond donors (Lipinski definition) is 1. The number of amides is 1. The van der Waals surface area contributed by atoms with E-state index in [9.17, 15) is 19.3 Å². The van der Waals surface area contributed by atoms with Crippen molar-refractivity contribution in [1.82, 2.24) is 0 Å². The van der Waals surface area contributed by atoms with Crippen molar-refractivity contribution in [1.29, 1.82) is 0 Å². The molecule has 1 amide bonds. The van der Waals surface area contributed by atoms with Gasteiger partial charge in [0.15, 0.2) is 0 Å². The van der Waals surface area contributed by atoms with E-state index in [1.54, 1.807) is 0 Å². The van der Waals surface area contributed by atoms with E-state index in [4.69, 9.17) is 16.3 Å². The van der Waals surface area contributed by atoms with Gasteiger partial charge < -0.3 is 10.1 Å². The Kier molecular flexibility index (Phi) is 4.57. The van der Waals surface area contributed by atoms with Gasteiger partial charge in [0, 0.05) is 17.2 Å². The number of nitro groups is 1. The SMILES string of the molecule is COc1ccc([N+](=O)[O-])cc1NC(=O)c1ccc(Cl)cc1F. The fourth-order valence-electron chi connectivity index (χ4n) is 1.77. The van der Waals surface area contributed by atoms with Crippen LogP contribution in [0.5, 0.6) is 5.75 Å². The Hall–Kier alpha value is -2.67. The number of carbonyl (C=O) groups is 1. The Morgan fingerprint density at radius 3 is 2.64 bits per heavy atom. The van der Waals surface area contributed by atoms with Crippen molar-refractivity contribution in [3.8, 4) is 5.75 Å². The summed E-state index contributed by atoms with van der Waals surface area (Å²) in [7, 11) is 1.35. The smallest absolute Gasteiger partial charge is 0.271 e. The van der Waals surface area contributed by atoms with Gasteiger partial charge in [0.05, 0.1) is 23.3 Å². The number of methoxy groups -OCH3 is 1. The molecule has 0 spiro atoms. The van der Waals surface area contributed by atoms with Crippen LogP contribution in [0.3, 0.4) is 0 Å². The van der Waals surface area contributed by atoms with Crippen LogP contribution in [-0.2, 0) is 0 Å². The Bertz CT molecular complexity index is 752. The lowest BCUT2D eigenvalue weighted by Crippen LogP contribution is -2.14. The molecule has 114 valence electrons. The number of hydrogen-bond acceptors (Lipinski definition) is 4. The van der Waals surface area contributed by atoms with Crippen molar-refractivity contribution in [2.24, 2.45) is 0 Å². The lowest BCUT2D eigenvalue weighted by atomic mass is 10.2. The van der Waals surface area contributed by atoms with Crippen molar-refractivity contribution >= 4 is 28.9 Å². The highest BCUT2D eigenvalue weighted by Gasteiger charge is 2.17. The van der Waals surface area contributed by atoms with Crippen molar-refractivity contribution in [2.75, 3.05) is 12.4 Å². The van der Waals surface area contributed by atoms with Crippen molar-refractivity contribution in [3.63, 3.8) is 0 Å². The third-order valence-electron chi connectivity index (χ3n) is 2.82. The summed E-state index contributed by atoms with van der Waals surface area (Å²) in [6, 6.07) is 7.29. The summed E-state index contributed by atoms with van der Waals surface area (Å²) in [5.74, 6) is -1.35. The Morgan fingerprint density at radius 2 is 2.05 bits per heavy atom. The average Bonchev–Trinajstić information content (AvgIpc) is 2.46. The van der Waals surface area contributed by atoms with Crippen LogP contribution < -0.4 is 10.1 Å². The standard InChI is InChI=1S/C14H10ClFN2O4/c1-22-13-5-3-9(18(20)21)7-12(13)17-14(19)10-4-2-8(15)6-11(10)16/h2-7H,1H3,(H,17,19). The summed E-state index contributed by atoms with van der Waals surface area (Å²) in [5, 5.41) is 13.3. The van der Waals surface area contributed by atoms with Crippen LogP contribution in [0.4, 0.5) is 15.8 Å². The van der Waals surface area contributed by atoms with Crippen LogP contribution in [0.2, 0.25) is 5.02 Å². The minimum atomic E-state index is -0.797. The first-order valence-corrected chi connectivity index (χ1v) is 6.39. The van der Waals surface area contributed by atoms with Gasteiger partial charge in [-0.15, -0.1) is 0 Å². The van der Waals surface area contributed by atoms with E-state index in [1.165, 1.54) is 31.4 Å². The summed E-state index contributed by atoms with van der Waals surface area (Å²) in [6.45, 7) is 0. The molecule has 0 saturated carbocycles. The number of nitrogens with one attached hydrogen (secondary N) is 1. The zero-order chi connectivity index (χ0) is 16.3. The first-order chi connectivity index (χ1) is 10.4. The minimum Gasteiger partial charge on any atom is -0.495 e. The number of benzene rings is 2. The highest BCUT2D eigenvalue weighted by molar-refractivity contribution is 6.30. The number of rotatable bonds is 4. The van der Waals surface area contributed by atoms with Gasteiger partial charge in [0.1, 0.15) is 11.6 Å². The summed E-state index contributed by atoms with van der Waals surface area (Å²) >= 11 is 5.62. The van der Waals surface area contributed by atoms with Crippen molar-refractivity contribution in [2.45, 2.75) is 0 Å². The summed E-state index contributed by atoms with van der Waals surface area (Å²) in [6.07, 6.45) is 0. The number of nitrogens with zero attached hydrogens (tertiary/aromatic N) is 1. The molecule has 0 radical (unpaired) electrons.